The molecule has 7 heteroatoms. The van der Waals surface area contributed by atoms with Crippen LogP contribution in [0.3, 0.4) is 0 Å². The summed E-state index contributed by atoms with van der Waals surface area (Å²) in [6.45, 7) is 0. The van der Waals surface area contributed by atoms with E-state index in [-0.39, 0.29) is 28.4 Å². The summed E-state index contributed by atoms with van der Waals surface area (Å²) >= 11 is 0. The van der Waals surface area contributed by atoms with Gasteiger partial charge in [-0.15, -0.1) is 0 Å². The third kappa shape index (κ3) is 2.83. The number of carboxylic acid groups (broad SMARTS) is 1. The number of carbonyl (C=O) groups excluding carboxylic acids is 1. The molecule has 0 spiro atoms. The van der Waals surface area contributed by atoms with E-state index in [2.05, 4.69) is 10.3 Å². The summed E-state index contributed by atoms with van der Waals surface area (Å²) in [5, 5.41) is 30.0. The van der Waals surface area contributed by atoms with Crippen LogP contribution in [0.2, 0.25) is 0 Å². The number of pyridine rings is 1. The molecule has 1 heterocycles. The number of rotatable bonds is 3. The Hall–Kier alpha value is -3.09. The molecule has 4 N–H and O–H groups in total. The van der Waals surface area contributed by atoms with Crippen LogP contribution >= 0.6 is 0 Å². The van der Waals surface area contributed by atoms with Gasteiger partial charge in [0, 0.05) is 6.20 Å². The van der Waals surface area contributed by atoms with Crippen molar-refractivity contribution in [1.29, 1.82) is 0 Å². The van der Waals surface area contributed by atoms with Crippen molar-refractivity contribution in [3.05, 3.63) is 47.7 Å². The largest absolute Gasteiger partial charge is 0.508 e. The Morgan fingerprint density at radius 3 is 2.55 bits per heavy atom. The van der Waals surface area contributed by atoms with Crippen molar-refractivity contribution in [2.24, 2.45) is 0 Å². The lowest BCUT2D eigenvalue weighted by Gasteiger charge is -2.07. The Bertz CT molecular complexity index is 684. The molecule has 0 saturated carbocycles. The first-order chi connectivity index (χ1) is 9.47. The van der Waals surface area contributed by atoms with Crippen LogP contribution in [0.15, 0.2) is 36.5 Å². The topological polar surface area (TPSA) is 120 Å². The molecule has 0 aliphatic carbocycles. The zero-order chi connectivity index (χ0) is 14.7. The van der Waals surface area contributed by atoms with Crippen molar-refractivity contribution in [2.45, 2.75) is 0 Å². The summed E-state index contributed by atoms with van der Waals surface area (Å²) in [7, 11) is 0. The molecular weight excluding hydrogens is 264 g/mol. The molecule has 0 unspecified atom stereocenters. The molecule has 0 aliphatic heterocycles. The van der Waals surface area contributed by atoms with Gasteiger partial charge in [0.25, 0.3) is 5.91 Å². The van der Waals surface area contributed by atoms with Crippen LogP contribution in [-0.2, 0) is 0 Å². The first-order valence-corrected chi connectivity index (χ1v) is 5.50. The molecule has 0 radical (unpaired) electrons. The zero-order valence-corrected chi connectivity index (χ0v) is 10.1. The maximum atomic E-state index is 11.9. The maximum Gasteiger partial charge on any atom is 0.335 e. The predicted molar refractivity (Wildman–Crippen MR) is 68.9 cm³/mol. The average Bonchev–Trinajstić information content (AvgIpc) is 2.41. The van der Waals surface area contributed by atoms with Gasteiger partial charge in [0.2, 0.25) is 0 Å². The van der Waals surface area contributed by atoms with E-state index in [4.69, 9.17) is 5.11 Å². The van der Waals surface area contributed by atoms with Crippen LogP contribution in [0, 0.1) is 0 Å². The molecule has 0 fully saturated rings. The molecule has 7 nitrogen and oxygen atoms in total. The fourth-order valence-corrected chi connectivity index (χ4v) is 1.52. The van der Waals surface area contributed by atoms with Gasteiger partial charge in [-0.2, -0.15) is 0 Å². The number of amides is 1. The summed E-state index contributed by atoms with van der Waals surface area (Å²) < 4.78 is 0. The van der Waals surface area contributed by atoms with Crippen LogP contribution in [0.1, 0.15) is 20.7 Å². The Balaban J connectivity index is 2.25. The van der Waals surface area contributed by atoms with Crippen LogP contribution in [-0.4, -0.2) is 32.2 Å². The number of phenols is 2. The third-order valence-electron chi connectivity index (χ3n) is 2.47. The second-order valence-electron chi connectivity index (χ2n) is 3.89. The maximum absolute atomic E-state index is 11.9. The number of carbonyl (C=O) groups is 2. The number of nitrogens with one attached hydrogen (secondary N) is 1. The molecule has 0 bridgehead atoms. The minimum Gasteiger partial charge on any atom is -0.508 e. The van der Waals surface area contributed by atoms with E-state index >= 15 is 0 Å². The lowest BCUT2D eigenvalue weighted by atomic mass is 10.1. The highest BCUT2D eigenvalue weighted by Gasteiger charge is 2.13. The number of nitrogens with zero attached hydrogens (tertiary/aromatic N) is 1. The quantitative estimate of drug-likeness (QED) is 0.629. The van der Waals surface area contributed by atoms with Crippen LogP contribution in [0.25, 0.3) is 0 Å². The second kappa shape index (κ2) is 5.27. The number of anilines is 1. The molecule has 1 amide bonds. The molecule has 2 aromatic rings. The summed E-state index contributed by atoms with van der Waals surface area (Å²) in [4.78, 5) is 26.5. The predicted octanol–water partition coefficient (Wildman–Crippen LogP) is 1.44. The normalized spacial score (nSPS) is 10.0. The highest BCUT2D eigenvalue weighted by molar-refractivity contribution is 6.06. The van der Waals surface area contributed by atoms with Gasteiger partial charge in [0.1, 0.15) is 17.3 Å². The van der Waals surface area contributed by atoms with E-state index in [1.165, 1.54) is 30.5 Å². The number of carboxylic acids is 1. The van der Waals surface area contributed by atoms with Gasteiger partial charge in [-0.25, -0.2) is 9.78 Å². The SMILES string of the molecule is O=C(O)c1ccnc(NC(=O)c2cc(O)ccc2O)c1. The van der Waals surface area contributed by atoms with E-state index in [1.807, 2.05) is 0 Å². The highest BCUT2D eigenvalue weighted by atomic mass is 16.4. The first-order valence-electron chi connectivity index (χ1n) is 5.50. The standard InChI is InChI=1S/C13H10N2O5/c16-8-1-2-10(17)9(6-8)12(18)15-11-5-7(13(19)20)3-4-14-11/h1-6,16-17H,(H,19,20)(H,14,15,18). The van der Waals surface area contributed by atoms with Gasteiger partial charge in [0.15, 0.2) is 0 Å². The molecule has 0 aliphatic rings. The van der Waals surface area contributed by atoms with Crippen molar-refractivity contribution in [2.75, 3.05) is 5.32 Å². The Morgan fingerprint density at radius 1 is 1.10 bits per heavy atom. The number of benzene rings is 1. The second-order valence-corrected chi connectivity index (χ2v) is 3.89. The average molecular weight is 274 g/mol. The third-order valence-corrected chi connectivity index (χ3v) is 2.47. The highest BCUT2D eigenvalue weighted by Crippen LogP contribution is 2.22. The minimum atomic E-state index is -1.15. The number of phenolic OH excluding ortho intramolecular Hbond substituents is 2. The fourth-order valence-electron chi connectivity index (χ4n) is 1.52. The molecule has 0 saturated heterocycles. The van der Waals surface area contributed by atoms with Crippen LogP contribution in [0.4, 0.5) is 5.82 Å². The minimum absolute atomic E-state index is 0.0256. The summed E-state index contributed by atoms with van der Waals surface area (Å²) in [5.41, 5.74) is -0.178. The van der Waals surface area contributed by atoms with E-state index in [9.17, 15) is 19.8 Å². The van der Waals surface area contributed by atoms with Gasteiger partial charge in [-0.05, 0) is 30.3 Å². The van der Waals surface area contributed by atoms with Gasteiger partial charge in [-0.3, -0.25) is 4.79 Å². The van der Waals surface area contributed by atoms with Crippen molar-refractivity contribution < 1.29 is 24.9 Å². The number of aromatic carboxylic acids is 1. The monoisotopic (exact) mass is 274 g/mol. The molecule has 20 heavy (non-hydrogen) atoms. The van der Waals surface area contributed by atoms with Gasteiger partial charge >= 0.3 is 5.97 Å². The van der Waals surface area contributed by atoms with E-state index in [0.717, 1.165) is 6.07 Å². The number of hydrogen-bond acceptors (Lipinski definition) is 5. The van der Waals surface area contributed by atoms with Crippen molar-refractivity contribution in [3.8, 4) is 11.5 Å². The van der Waals surface area contributed by atoms with Crippen molar-refractivity contribution >= 4 is 17.7 Å². The molecule has 1 aromatic carbocycles. The van der Waals surface area contributed by atoms with Gasteiger partial charge < -0.3 is 20.6 Å². The van der Waals surface area contributed by atoms with Crippen molar-refractivity contribution in [1.82, 2.24) is 4.98 Å². The number of aromatic hydroxyl groups is 2. The molecule has 102 valence electrons. The smallest absolute Gasteiger partial charge is 0.335 e. The molecular formula is C13H10N2O5. The van der Waals surface area contributed by atoms with Crippen molar-refractivity contribution in [3.63, 3.8) is 0 Å². The molecule has 0 atom stereocenters. The van der Waals surface area contributed by atoms with Crippen LogP contribution < -0.4 is 5.32 Å². The van der Waals surface area contributed by atoms with E-state index < -0.39 is 11.9 Å². The number of hydrogen-bond donors (Lipinski definition) is 4. The van der Waals surface area contributed by atoms with E-state index in [0.29, 0.717) is 0 Å². The number of aromatic nitrogens is 1. The Kier molecular flexibility index (Phi) is 3.52. The van der Waals surface area contributed by atoms with Crippen LogP contribution in [0.5, 0.6) is 11.5 Å². The fraction of sp³-hybridized carbons (Fsp3) is 0. The van der Waals surface area contributed by atoms with E-state index in [1.54, 1.807) is 0 Å². The molecule has 1 aromatic heterocycles. The summed E-state index contributed by atoms with van der Waals surface area (Å²) in [6.07, 6.45) is 1.24. The van der Waals surface area contributed by atoms with Gasteiger partial charge in [-0.1, -0.05) is 0 Å². The summed E-state index contributed by atoms with van der Waals surface area (Å²) in [5.74, 6) is -2.33. The zero-order valence-electron chi connectivity index (χ0n) is 10.1. The molecule has 2 rings (SSSR count). The first kappa shape index (κ1) is 13.3. The Morgan fingerprint density at radius 2 is 1.85 bits per heavy atom. The Labute approximate surface area is 113 Å². The summed E-state index contributed by atoms with van der Waals surface area (Å²) in [6, 6.07) is 5.95. The van der Waals surface area contributed by atoms with Gasteiger partial charge in [0.05, 0.1) is 11.1 Å². The lowest BCUT2D eigenvalue weighted by Crippen LogP contribution is -2.13. The lowest BCUT2D eigenvalue weighted by molar-refractivity contribution is 0.0696.